The number of anilines is 1. The molecule has 1 aliphatic rings. The summed E-state index contributed by atoms with van der Waals surface area (Å²) >= 11 is 1.73. The number of rotatable bonds is 3. The third-order valence-electron chi connectivity index (χ3n) is 4.82. The lowest BCUT2D eigenvalue weighted by atomic mass is 10.2. The van der Waals surface area contributed by atoms with E-state index < -0.39 is 0 Å². The van der Waals surface area contributed by atoms with Gasteiger partial charge >= 0.3 is 0 Å². The zero-order valence-electron chi connectivity index (χ0n) is 15.5. The molecule has 26 heavy (non-hydrogen) atoms. The fraction of sp³-hybridized carbons (Fsp3) is 0.444. The maximum absolute atomic E-state index is 5.24. The first-order chi connectivity index (χ1) is 12.0. The first kappa shape index (κ1) is 18.9. The zero-order chi connectivity index (χ0) is 17.6. The van der Waals surface area contributed by atoms with Crippen LogP contribution in [0.5, 0.6) is 0 Å². The number of aryl methyl sites for hydroxylation is 2. The summed E-state index contributed by atoms with van der Waals surface area (Å²) in [5.74, 6) is 1.64. The predicted octanol–water partition coefficient (Wildman–Crippen LogP) is 0.270. The molecule has 0 saturated carbocycles. The fourth-order valence-electron chi connectivity index (χ4n) is 3.36. The molecule has 0 bridgehead atoms. The minimum absolute atomic E-state index is 0. The van der Waals surface area contributed by atoms with E-state index in [1.807, 2.05) is 13.0 Å². The number of thiazole rings is 1. The molecule has 0 aromatic carbocycles. The molecule has 0 spiro atoms. The van der Waals surface area contributed by atoms with Gasteiger partial charge in [-0.2, -0.15) is 0 Å². The Morgan fingerprint density at radius 1 is 1.08 bits per heavy atom. The highest BCUT2D eigenvalue weighted by molar-refractivity contribution is 7.14. The van der Waals surface area contributed by atoms with Gasteiger partial charge in [-0.1, -0.05) is 5.16 Å². The van der Waals surface area contributed by atoms with Crippen molar-refractivity contribution in [3.63, 3.8) is 0 Å². The second kappa shape index (κ2) is 7.42. The maximum Gasteiger partial charge on any atom is 0.185 e. The second-order valence-corrected chi connectivity index (χ2v) is 7.56. The van der Waals surface area contributed by atoms with Crippen LogP contribution in [-0.2, 0) is 0 Å². The lowest BCUT2D eigenvalue weighted by Crippen LogP contribution is -3.00. The minimum Gasteiger partial charge on any atom is -1.00 e. The molecule has 0 atom stereocenters. The molecular weight excluding hydrogens is 370 g/mol. The first-order valence-corrected chi connectivity index (χ1v) is 9.43. The summed E-state index contributed by atoms with van der Waals surface area (Å²) in [4.78, 5) is 9.66. The van der Waals surface area contributed by atoms with Crippen LogP contribution in [0.25, 0.3) is 17.1 Å². The summed E-state index contributed by atoms with van der Waals surface area (Å²) in [6, 6.07) is 4.14. The van der Waals surface area contributed by atoms with E-state index in [-0.39, 0.29) is 12.4 Å². The lowest BCUT2D eigenvalue weighted by Gasteiger charge is -2.32. The first-order valence-electron chi connectivity index (χ1n) is 8.55. The van der Waals surface area contributed by atoms with Crippen molar-refractivity contribution < 1.29 is 16.9 Å². The van der Waals surface area contributed by atoms with Crippen molar-refractivity contribution in [1.82, 2.24) is 19.6 Å². The van der Waals surface area contributed by atoms with Gasteiger partial charge in [-0.15, -0.1) is 11.3 Å². The van der Waals surface area contributed by atoms with Crippen LogP contribution in [0.15, 0.2) is 22.0 Å². The van der Waals surface area contributed by atoms with E-state index in [0.29, 0.717) is 0 Å². The topological polar surface area (TPSA) is 50.3 Å². The Morgan fingerprint density at radius 3 is 2.46 bits per heavy atom. The van der Waals surface area contributed by atoms with Crippen LogP contribution in [0.3, 0.4) is 0 Å². The van der Waals surface area contributed by atoms with E-state index in [9.17, 15) is 0 Å². The third-order valence-corrected chi connectivity index (χ3v) is 5.72. The van der Waals surface area contributed by atoms with Gasteiger partial charge in [0.2, 0.25) is 0 Å². The molecule has 1 fully saturated rings. The van der Waals surface area contributed by atoms with Crippen LogP contribution in [0.2, 0.25) is 0 Å². The van der Waals surface area contributed by atoms with E-state index in [4.69, 9.17) is 9.51 Å². The Kier molecular flexibility index (Phi) is 5.41. The van der Waals surface area contributed by atoms with Crippen molar-refractivity contribution in [3.8, 4) is 17.1 Å². The molecule has 3 aromatic rings. The van der Waals surface area contributed by atoms with E-state index in [0.717, 1.165) is 65.5 Å². The van der Waals surface area contributed by atoms with Gasteiger partial charge < -0.3 is 26.7 Å². The van der Waals surface area contributed by atoms with E-state index in [1.165, 1.54) is 0 Å². The van der Waals surface area contributed by atoms with Gasteiger partial charge in [0, 0.05) is 54.6 Å². The van der Waals surface area contributed by atoms with E-state index in [1.54, 1.807) is 11.3 Å². The highest BCUT2D eigenvalue weighted by atomic mass is 35.5. The Labute approximate surface area is 163 Å². The number of hydrogen-bond acceptors (Lipinski definition) is 6. The number of aromatic nitrogens is 3. The molecule has 0 aliphatic carbocycles. The Hall–Kier alpha value is -1.83. The minimum atomic E-state index is 0. The number of hydrogen-bond donors (Lipinski definition) is 0. The molecule has 0 amide bonds. The van der Waals surface area contributed by atoms with Crippen molar-refractivity contribution in [3.05, 3.63) is 34.7 Å². The largest absolute Gasteiger partial charge is 1.00 e. The molecule has 0 radical (unpaired) electrons. The normalized spacial score (nSPS) is 15.3. The van der Waals surface area contributed by atoms with Crippen molar-refractivity contribution in [2.45, 2.75) is 20.8 Å². The average molecular weight is 393 g/mol. The number of halogens is 1. The Bertz CT molecular complexity index is 891. The van der Waals surface area contributed by atoms with Crippen molar-refractivity contribution in [2.75, 3.05) is 38.1 Å². The van der Waals surface area contributed by atoms with Gasteiger partial charge in [0.05, 0.1) is 5.69 Å². The molecule has 8 heteroatoms. The predicted molar refractivity (Wildman–Crippen MR) is 101 cm³/mol. The lowest BCUT2D eigenvalue weighted by molar-refractivity contribution is -0.00000585. The summed E-state index contributed by atoms with van der Waals surface area (Å²) in [7, 11) is 2.17. The Morgan fingerprint density at radius 2 is 1.81 bits per heavy atom. The summed E-state index contributed by atoms with van der Waals surface area (Å²) in [5.41, 5.74) is 4.48. The molecule has 3 aromatic heterocycles. The summed E-state index contributed by atoms with van der Waals surface area (Å²) in [5, 5.41) is 7.43. The van der Waals surface area contributed by atoms with Gasteiger partial charge in [-0.05, 0) is 33.9 Å². The molecule has 140 valence electrons. The molecule has 6 nitrogen and oxygen atoms in total. The molecule has 4 rings (SSSR count). The number of likely N-dealkylation sites (N-methyl/N-ethyl adjacent to an activating group) is 1. The highest BCUT2D eigenvalue weighted by Gasteiger charge is 2.20. The molecule has 1 saturated heterocycles. The van der Waals surface area contributed by atoms with Crippen LogP contribution >= 0.6 is 11.3 Å². The third kappa shape index (κ3) is 3.39. The van der Waals surface area contributed by atoms with Crippen LogP contribution in [0, 0.1) is 20.8 Å². The van der Waals surface area contributed by atoms with Gasteiger partial charge in [-0.25, -0.2) is 4.98 Å². The van der Waals surface area contributed by atoms with Crippen LogP contribution in [-0.4, -0.2) is 52.8 Å². The molecule has 0 unspecified atom stereocenters. The summed E-state index contributed by atoms with van der Waals surface area (Å²) < 4.78 is 7.37. The quantitative estimate of drug-likeness (QED) is 0.640. The van der Waals surface area contributed by atoms with Crippen molar-refractivity contribution in [2.24, 2.45) is 0 Å². The molecule has 4 heterocycles. The fourth-order valence-corrected chi connectivity index (χ4v) is 4.24. The highest BCUT2D eigenvalue weighted by Crippen LogP contribution is 2.33. The van der Waals surface area contributed by atoms with E-state index >= 15 is 0 Å². The molecular formula is C18H23ClN5OS-. The van der Waals surface area contributed by atoms with Crippen molar-refractivity contribution in [1.29, 1.82) is 0 Å². The standard InChI is InChI=1S/C18H23N5OS.ClH/c1-12-9-15(14(3)23(12)17-10-13(2)24-20-17)16-11-25-18(19-16)22-7-5-21(4)6-8-22;/h9-11H,5-8H2,1-4H3;1H/p-1. The van der Waals surface area contributed by atoms with Crippen LogP contribution < -0.4 is 17.3 Å². The van der Waals surface area contributed by atoms with E-state index in [2.05, 4.69) is 51.9 Å². The maximum atomic E-state index is 5.24. The van der Waals surface area contributed by atoms with Gasteiger partial charge in [0.25, 0.3) is 0 Å². The number of piperazine rings is 1. The molecule has 0 N–H and O–H groups in total. The van der Waals surface area contributed by atoms with Gasteiger partial charge in [-0.3, -0.25) is 4.57 Å². The van der Waals surface area contributed by atoms with Crippen LogP contribution in [0.1, 0.15) is 17.1 Å². The second-order valence-electron chi connectivity index (χ2n) is 6.72. The van der Waals surface area contributed by atoms with Crippen molar-refractivity contribution >= 4 is 16.5 Å². The number of nitrogens with zero attached hydrogens (tertiary/aromatic N) is 5. The summed E-state index contributed by atoms with van der Waals surface area (Å²) in [6.45, 7) is 10.4. The van der Waals surface area contributed by atoms with Gasteiger partial charge in [0.15, 0.2) is 10.9 Å². The summed E-state index contributed by atoms with van der Waals surface area (Å²) in [6.07, 6.45) is 0. The molecule has 1 aliphatic heterocycles. The zero-order valence-corrected chi connectivity index (χ0v) is 17.1. The monoisotopic (exact) mass is 392 g/mol. The van der Waals surface area contributed by atoms with Gasteiger partial charge in [0.1, 0.15) is 5.76 Å². The average Bonchev–Trinajstić information content (AvgIpc) is 3.28. The Balaban J connectivity index is 0.00000196. The van der Waals surface area contributed by atoms with Crippen LogP contribution in [0.4, 0.5) is 5.13 Å². The smallest absolute Gasteiger partial charge is 0.185 e. The SMILES string of the molecule is Cc1cc(-n2c(C)cc(-c3csc(N4CCN(C)CC4)n3)c2C)no1.[Cl-].